The van der Waals surface area contributed by atoms with Gasteiger partial charge in [0.15, 0.2) is 0 Å². The van der Waals surface area contributed by atoms with Gasteiger partial charge in [-0.15, -0.1) is 0 Å². The average Bonchev–Trinajstić information content (AvgIpc) is 2.86. The summed E-state index contributed by atoms with van der Waals surface area (Å²) in [6.07, 6.45) is 5.91. The van der Waals surface area contributed by atoms with Crippen LogP contribution >= 0.6 is 0 Å². The highest BCUT2D eigenvalue weighted by atomic mass is 16.5. The zero-order valence-electron chi connectivity index (χ0n) is 15.4. The van der Waals surface area contributed by atoms with E-state index in [1.807, 2.05) is 6.07 Å². The van der Waals surface area contributed by atoms with E-state index in [0.717, 1.165) is 37.4 Å². The third-order valence-corrected chi connectivity index (χ3v) is 4.78. The van der Waals surface area contributed by atoms with Gasteiger partial charge in [0.2, 0.25) is 0 Å². The topological polar surface area (TPSA) is 27.7 Å². The molecule has 3 nitrogen and oxygen atoms in total. The van der Waals surface area contributed by atoms with Gasteiger partial charge < -0.3 is 14.2 Å². The molecule has 0 radical (unpaired) electrons. The van der Waals surface area contributed by atoms with Crippen LogP contribution < -0.4 is 9.47 Å². The van der Waals surface area contributed by atoms with E-state index in [-0.39, 0.29) is 11.7 Å². The number of fused-ring (bicyclic) bond motifs is 1. The third kappa shape index (κ3) is 5.72. The summed E-state index contributed by atoms with van der Waals surface area (Å²) in [5, 5.41) is 0. The van der Waals surface area contributed by atoms with Gasteiger partial charge in [-0.3, -0.25) is 0 Å². The van der Waals surface area contributed by atoms with Gasteiger partial charge in [0, 0.05) is 19.6 Å². The van der Waals surface area contributed by atoms with Gasteiger partial charge in [0.25, 0.3) is 0 Å². The molecule has 0 saturated carbocycles. The number of rotatable bonds is 9. The fraction of sp³-hybridized carbons (Fsp3) is 0.700. The lowest BCUT2D eigenvalue weighted by Crippen LogP contribution is -2.22. The van der Waals surface area contributed by atoms with Crippen molar-refractivity contribution >= 4 is 0 Å². The maximum Gasteiger partial charge on any atom is 0.126 e. The monoisotopic (exact) mass is 320 g/mol. The summed E-state index contributed by atoms with van der Waals surface area (Å²) < 4.78 is 17.1. The van der Waals surface area contributed by atoms with Gasteiger partial charge >= 0.3 is 0 Å². The molecule has 0 amide bonds. The van der Waals surface area contributed by atoms with Gasteiger partial charge in [-0.2, -0.15) is 0 Å². The SMILES string of the molecule is COC(C)(C)CCCC(C)CCOc1ccc2c(c1)OC(C)C2. The normalized spacial score (nSPS) is 18.4. The molecule has 0 spiro atoms. The van der Waals surface area contributed by atoms with Crippen LogP contribution in [0.4, 0.5) is 0 Å². The molecular weight excluding hydrogens is 288 g/mol. The summed E-state index contributed by atoms with van der Waals surface area (Å²) in [7, 11) is 1.79. The minimum Gasteiger partial charge on any atom is -0.493 e. The number of methoxy groups -OCH3 is 1. The lowest BCUT2D eigenvalue weighted by atomic mass is 9.95. The minimum absolute atomic E-state index is 0.00221. The largest absolute Gasteiger partial charge is 0.493 e. The van der Waals surface area contributed by atoms with Gasteiger partial charge in [-0.1, -0.05) is 25.8 Å². The van der Waals surface area contributed by atoms with Crippen LogP contribution in [0.3, 0.4) is 0 Å². The van der Waals surface area contributed by atoms with Crippen molar-refractivity contribution in [1.82, 2.24) is 0 Å². The van der Waals surface area contributed by atoms with Crippen LogP contribution in [0.2, 0.25) is 0 Å². The van der Waals surface area contributed by atoms with Crippen molar-refractivity contribution in [3.05, 3.63) is 23.8 Å². The average molecular weight is 320 g/mol. The number of hydrogen-bond acceptors (Lipinski definition) is 3. The van der Waals surface area contributed by atoms with Gasteiger partial charge in [0.1, 0.15) is 17.6 Å². The van der Waals surface area contributed by atoms with Crippen molar-refractivity contribution in [3.8, 4) is 11.5 Å². The highest BCUT2D eigenvalue weighted by Crippen LogP contribution is 2.32. The smallest absolute Gasteiger partial charge is 0.126 e. The van der Waals surface area contributed by atoms with Crippen LogP contribution in [0, 0.1) is 5.92 Å². The van der Waals surface area contributed by atoms with Crippen LogP contribution in [0.5, 0.6) is 11.5 Å². The van der Waals surface area contributed by atoms with Gasteiger partial charge in [-0.25, -0.2) is 0 Å². The summed E-state index contributed by atoms with van der Waals surface area (Å²) >= 11 is 0. The van der Waals surface area contributed by atoms with Crippen LogP contribution in [0.1, 0.15) is 58.9 Å². The Morgan fingerprint density at radius 3 is 2.83 bits per heavy atom. The van der Waals surface area contributed by atoms with Crippen molar-refractivity contribution in [1.29, 1.82) is 0 Å². The van der Waals surface area contributed by atoms with Crippen molar-refractivity contribution in [2.24, 2.45) is 5.92 Å². The maximum atomic E-state index is 5.90. The molecule has 2 atom stereocenters. The molecular formula is C20H32O3. The summed E-state index contributed by atoms with van der Waals surface area (Å²) in [5.41, 5.74) is 1.29. The Morgan fingerprint density at radius 2 is 2.09 bits per heavy atom. The van der Waals surface area contributed by atoms with E-state index in [1.54, 1.807) is 7.11 Å². The zero-order chi connectivity index (χ0) is 16.9. The van der Waals surface area contributed by atoms with Crippen LogP contribution in [-0.2, 0) is 11.2 Å². The highest BCUT2D eigenvalue weighted by Gasteiger charge is 2.19. The second-order valence-electron chi connectivity index (χ2n) is 7.50. The number of benzene rings is 1. The molecule has 1 heterocycles. The summed E-state index contributed by atoms with van der Waals surface area (Å²) in [5.74, 6) is 2.59. The molecule has 0 aromatic heterocycles. The molecule has 0 N–H and O–H groups in total. The molecule has 2 rings (SSSR count). The van der Waals surface area contributed by atoms with Crippen LogP contribution in [0.15, 0.2) is 18.2 Å². The first-order valence-corrected chi connectivity index (χ1v) is 8.87. The summed E-state index contributed by atoms with van der Waals surface area (Å²) in [6, 6.07) is 6.22. The van der Waals surface area contributed by atoms with E-state index in [1.165, 1.54) is 18.4 Å². The summed E-state index contributed by atoms with van der Waals surface area (Å²) in [4.78, 5) is 0. The first-order chi connectivity index (χ1) is 10.9. The standard InChI is InChI=1S/C20H32O3/c1-15(7-6-11-20(3,4)21-5)10-12-22-18-9-8-17-13-16(2)23-19(17)14-18/h8-9,14-16H,6-7,10-13H2,1-5H3. The zero-order valence-corrected chi connectivity index (χ0v) is 15.4. The molecule has 23 heavy (non-hydrogen) atoms. The number of hydrogen-bond donors (Lipinski definition) is 0. The summed E-state index contributed by atoms with van der Waals surface area (Å²) in [6.45, 7) is 9.47. The second-order valence-corrected chi connectivity index (χ2v) is 7.50. The van der Waals surface area contributed by atoms with Crippen molar-refractivity contribution in [2.45, 2.75) is 71.5 Å². The molecule has 1 aliphatic heterocycles. The Labute approximate surface area is 141 Å². The second kappa shape index (κ2) is 8.05. The molecule has 1 aromatic carbocycles. The Morgan fingerprint density at radius 1 is 1.30 bits per heavy atom. The molecule has 2 unspecified atom stereocenters. The quantitative estimate of drug-likeness (QED) is 0.640. The van der Waals surface area contributed by atoms with E-state index in [4.69, 9.17) is 14.2 Å². The Balaban J connectivity index is 1.66. The fourth-order valence-electron chi connectivity index (χ4n) is 2.97. The molecule has 0 aliphatic carbocycles. The van der Waals surface area contributed by atoms with E-state index < -0.39 is 0 Å². The minimum atomic E-state index is -0.00221. The third-order valence-electron chi connectivity index (χ3n) is 4.78. The van der Waals surface area contributed by atoms with Gasteiger partial charge in [0.05, 0.1) is 12.2 Å². The molecule has 0 fully saturated rings. The van der Waals surface area contributed by atoms with E-state index >= 15 is 0 Å². The van der Waals surface area contributed by atoms with Crippen molar-refractivity contribution in [3.63, 3.8) is 0 Å². The van der Waals surface area contributed by atoms with Gasteiger partial charge in [-0.05, 0) is 51.2 Å². The molecule has 0 bridgehead atoms. The maximum absolute atomic E-state index is 5.90. The first-order valence-electron chi connectivity index (χ1n) is 8.87. The van der Waals surface area contributed by atoms with Crippen LogP contribution in [0.25, 0.3) is 0 Å². The Bertz CT molecular complexity index is 496. The Hall–Kier alpha value is -1.22. The van der Waals surface area contributed by atoms with Crippen molar-refractivity contribution < 1.29 is 14.2 Å². The first kappa shape index (κ1) is 18.1. The predicted molar refractivity (Wildman–Crippen MR) is 94.5 cm³/mol. The molecule has 3 heteroatoms. The molecule has 1 aliphatic rings. The van der Waals surface area contributed by atoms with E-state index in [9.17, 15) is 0 Å². The lowest BCUT2D eigenvalue weighted by molar-refractivity contribution is 0.0126. The van der Waals surface area contributed by atoms with E-state index in [0.29, 0.717) is 5.92 Å². The molecule has 1 aromatic rings. The lowest BCUT2D eigenvalue weighted by Gasteiger charge is -2.23. The Kier molecular flexibility index (Phi) is 6.34. The molecule has 0 saturated heterocycles. The molecule has 130 valence electrons. The van der Waals surface area contributed by atoms with Crippen LogP contribution in [-0.4, -0.2) is 25.4 Å². The highest BCUT2D eigenvalue weighted by molar-refractivity contribution is 5.43. The fourth-order valence-corrected chi connectivity index (χ4v) is 2.97. The number of ether oxygens (including phenoxy) is 3. The predicted octanol–water partition coefficient (Wildman–Crippen LogP) is 5.01. The van der Waals surface area contributed by atoms with Crippen molar-refractivity contribution in [2.75, 3.05) is 13.7 Å². The van der Waals surface area contributed by atoms with E-state index in [2.05, 4.69) is 39.8 Å².